The predicted octanol–water partition coefficient (Wildman–Crippen LogP) is 5.21. The fourth-order valence-corrected chi connectivity index (χ4v) is 5.32. The van der Waals surface area contributed by atoms with Crippen molar-refractivity contribution in [2.24, 2.45) is 0 Å². The summed E-state index contributed by atoms with van der Waals surface area (Å²) in [4.78, 5) is 24.1. The molecule has 1 N–H and O–H groups in total. The minimum absolute atomic E-state index is 0.191. The first-order valence-electron chi connectivity index (χ1n) is 12.2. The lowest BCUT2D eigenvalue weighted by atomic mass is 9.90. The summed E-state index contributed by atoms with van der Waals surface area (Å²) < 4.78 is 14.7. The molecule has 5 rings (SSSR count). The van der Waals surface area contributed by atoms with Gasteiger partial charge in [0.2, 0.25) is 0 Å². The van der Waals surface area contributed by atoms with Crippen LogP contribution >= 0.6 is 0 Å². The van der Waals surface area contributed by atoms with Crippen molar-refractivity contribution in [2.75, 3.05) is 13.1 Å². The Kier molecular flexibility index (Phi) is 6.63. The number of hydrogen-bond acceptors (Lipinski definition) is 4. The lowest BCUT2D eigenvalue weighted by Gasteiger charge is -2.32. The molecule has 0 spiro atoms. The number of benzene rings is 1. The highest BCUT2D eigenvalue weighted by Gasteiger charge is 2.23. The maximum absolute atomic E-state index is 14.7. The van der Waals surface area contributed by atoms with Crippen molar-refractivity contribution in [2.45, 2.75) is 63.5 Å². The van der Waals surface area contributed by atoms with Gasteiger partial charge in [-0.15, -0.1) is 0 Å². The number of halogens is 1. The van der Waals surface area contributed by atoms with Crippen LogP contribution in [-0.2, 0) is 6.54 Å². The molecular weight excluding hydrogens is 415 g/mol. The smallest absolute Gasteiger partial charge is 0.270 e. The highest BCUT2D eigenvalue weighted by Crippen LogP contribution is 2.29. The van der Waals surface area contributed by atoms with Crippen molar-refractivity contribution in [3.05, 3.63) is 71.4 Å². The van der Waals surface area contributed by atoms with E-state index in [0.29, 0.717) is 18.2 Å². The number of likely N-dealkylation sites (tertiary alicyclic amines) is 1. The van der Waals surface area contributed by atoms with Crippen molar-refractivity contribution in [1.29, 1.82) is 0 Å². The quantitative estimate of drug-likeness (QED) is 0.584. The molecule has 1 amide bonds. The number of para-hydroxylation sites is 1. The SMILES string of the molecule is O=C(NC1CCCCC1)c1cc(CN2CCC(c3cccnc3)CC2)c2cccc(F)c2n1. The van der Waals surface area contributed by atoms with Crippen LogP contribution in [0.4, 0.5) is 4.39 Å². The second-order valence-corrected chi connectivity index (χ2v) is 9.45. The molecule has 0 bridgehead atoms. The number of aromatic nitrogens is 2. The van der Waals surface area contributed by atoms with E-state index in [1.165, 1.54) is 18.1 Å². The number of nitrogens with zero attached hydrogens (tertiary/aromatic N) is 3. The molecule has 2 aliphatic rings. The molecule has 3 aromatic rings. The number of hydrogen-bond donors (Lipinski definition) is 1. The average molecular weight is 447 g/mol. The zero-order valence-electron chi connectivity index (χ0n) is 19.0. The van der Waals surface area contributed by atoms with Gasteiger partial charge in [-0.25, -0.2) is 9.37 Å². The molecule has 1 saturated heterocycles. The predicted molar refractivity (Wildman–Crippen MR) is 128 cm³/mol. The summed E-state index contributed by atoms with van der Waals surface area (Å²) >= 11 is 0. The third kappa shape index (κ3) is 5.06. The Morgan fingerprint density at radius 2 is 1.88 bits per heavy atom. The summed E-state index contributed by atoms with van der Waals surface area (Å²) in [6.45, 7) is 2.61. The van der Waals surface area contributed by atoms with Gasteiger partial charge < -0.3 is 5.32 Å². The minimum Gasteiger partial charge on any atom is -0.348 e. The van der Waals surface area contributed by atoms with Gasteiger partial charge in [0, 0.05) is 30.4 Å². The summed E-state index contributed by atoms with van der Waals surface area (Å²) in [6, 6.07) is 11.3. The fourth-order valence-electron chi connectivity index (χ4n) is 5.32. The van der Waals surface area contributed by atoms with Crippen molar-refractivity contribution in [3.63, 3.8) is 0 Å². The van der Waals surface area contributed by atoms with E-state index in [1.54, 1.807) is 6.07 Å². The van der Waals surface area contributed by atoms with Crippen LogP contribution in [0.5, 0.6) is 0 Å². The molecule has 3 heterocycles. The molecule has 5 nitrogen and oxygen atoms in total. The molecule has 1 aliphatic heterocycles. The van der Waals surface area contributed by atoms with E-state index in [-0.39, 0.29) is 23.3 Å². The maximum Gasteiger partial charge on any atom is 0.270 e. The normalized spacial score (nSPS) is 18.5. The first kappa shape index (κ1) is 22.0. The molecule has 172 valence electrons. The average Bonchev–Trinajstić information content (AvgIpc) is 2.86. The van der Waals surface area contributed by atoms with E-state index in [2.05, 4.69) is 26.3 Å². The molecule has 1 saturated carbocycles. The van der Waals surface area contributed by atoms with Crippen LogP contribution in [0.1, 0.15) is 72.5 Å². The molecule has 0 unspecified atom stereocenters. The Hall–Kier alpha value is -2.86. The van der Waals surface area contributed by atoms with Gasteiger partial charge in [-0.3, -0.25) is 14.7 Å². The number of fused-ring (bicyclic) bond motifs is 1. The summed E-state index contributed by atoms with van der Waals surface area (Å²) in [7, 11) is 0. The fraction of sp³-hybridized carbons (Fsp3) is 0.444. The van der Waals surface area contributed by atoms with Crippen molar-refractivity contribution in [1.82, 2.24) is 20.2 Å². The van der Waals surface area contributed by atoms with E-state index in [0.717, 1.165) is 62.6 Å². The largest absolute Gasteiger partial charge is 0.348 e. The number of carbonyl (C=O) groups excluding carboxylic acids is 1. The standard InChI is InChI=1S/C27H31FN4O/c28-24-10-4-9-23-21(18-32-14-11-19(12-15-32)20-6-5-13-29-17-20)16-25(31-26(23)24)27(33)30-22-7-2-1-3-8-22/h4-6,9-10,13,16-17,19,22H,1-3,7-8,11-12,14-15,18H2,(H,30,33). The second kappa shape index (κ2) is 9.96. The number of carbonyl (C=O) groups is 1. The van der Waals surface area contributed by atoms with Crippen LogP contribution in [0.25, 0.3) is 10.9 Å². The Morgan fingerprint density at radius 1 is 1.06 bits per heavy atom. The summed E-state index contributed by atoms with van der Waals surface area (Å²) in [5, 5.41) is 3.92. The Bertz CT molecular complexity index is 1110. The maximum atomic E-state index is 14.7. The summed E-state index contributed by atoms with van der Waals surface area (Å²) in [5.41, 5.74) is 2.87. The number of nitrogens with one attached hydrogen (secondary N) is 1. The number of piperidine rings is 1. The molecular formula is C27H31FN4O. The number of amides is 1. The van der Waals surface area contributed by atoms with Crippen LogP contribution in [0, 0.1) is 5.82 Å². The van der Waals surface area contributed by atoms with Crippen LogP contribution in [0.15, 0.2) is 48.8 Å². The summed E-state index contributed by atoms with van der Waals surface area (Å²) in [5.74, 6) is -0.0432. The number of rotatable bonds is 5. The molecule has 6 heteroatoms. The van der Waals surface area contributed by atoms with Gasteiger partial charge in [0.25, 0.3) is 5.91 Å². The third-order valence-electron chi connectivity index (χ3n) is 7.19. The highest BCUT2D eigenvalue weighted by atomic mass is 19.1. The third-order valence-corrected chi connectivity index (χ3v) is 7.19. The van der Waals surface area contributed by atoms with Gasteiger partial charge in [-0.1, -0.05) is 37.5 Å². The van der Waals surface area contributed by atoms with E-state index >= 15 is 0 Å². The minimum atomic E-state index is -0.378. The second-order valence-electron chi connectivity index (χ2n) is 9.45. The summed E-state index contributed by atoms with van der Waals surface area (Å²) in [6.07, 6.45) is 11.4. The Morgan fingerprint density at radius 3 is 2.64 bits per heavy atom. The molecule has 2 aromatic heterocycles. The Labute approximate surface area is 194 Å². The monoisotopic (exact) mass is 446 g/mol. The van der Waals surface area contributed by atoms with Gasteiger partial charge >= 0.3 is 0 Å². The molecule has 0 atom stereocenters. The lowest BCUT2D eigenvalue weighted by Crippen LogP contribution is -2.37. The first-order valence-corrected chi connectivity index (χ1v) is 12.2. The molecule has 2 fully saturated rings. The topological polar surface area (TPSA) is 58.1 Å². The lowest BCUT2D eigenvalue weighted by molar-refractivity contribution is 0.0922. The van der Waals surface area contributed by atoms with E-state index in [4.69, 9.17) is 0 Å². The van der Waals surface area contributed by atoms with Crippen molar-refractivity contribution >= 4 is 16.8 Å². The van der Waals surface area contributed by atoms with Crippen molar-refractivity contribution < 1.29 is 9.18 Å². The first-order chi connectivity index (χ1) is 16.2. The number of pyridine rings is 2. The zero-order chi connectivity index (χ0) is 22.6. The van der Waals surface area contributed by atoms with E-state index in [1.807, 2.05) is 30.6 Å². The van der Waals surface area contributed by atoms with Gasteiger partial charge in [-0.2, -0.15) is 0 Å². The van der Waals surface area contributed by atoms with Crippen LogP contribution < -0.4 is 5.32 Å². The van der Waals surface area contributed by atoms with Crippen LogP contribution in [-0.4, -0.2) is 39.9 Å². The van der Waals surface area contributed by atoms with Gasteiger partial charge in [-0.05, 0) is 74.0 Å². The van der Waals surface area contributed by atoms with Gasteiger partial charge in [0.1, 0.15) is 17.0 Å². The molecule has 1 aromatic carbocycles. The molecule has 1 aliphatic carbocycles. The van der Waals surface area contributed by atoms with Crippen molar-refractivity contribution in [3.8, 4) is 0 Å². The van der Waals surface area contributed by atoms with Gasteiger partial charge in [0.15, 0.2) is 0 Å². The zero-order valence-corrected chi connectivity index (χ0v) is 19.0. The highest BCUT2D eigenvalue weighted by molar-refractivity contribution is 5.96. The van der Waals surface area contributed by atoms with E-state index in [9.17, 15) is 9.18 Å². The van der Waals surface area contributed by atoms with Gasteiger partial charge in [0.05, 0.1) is 0 Å². The van der Waals surface area contributed by atoms with E-state index < -0.39 is 0 Å². The van der Waals surface area contributed by atoms with Crippen LogP contribution in [0.3, 0.4) is 0 Å². The van der Waals surface area contributed by atoms with Crippen LogP contribution in [0.2, 0.25) is 0 Å². The Balaban J connectivity index is 1.34. The molecule has 33 heavy (non-hydrogen) atoms. The molecule has 0 radical (unpaired) electrons.